The lowest BCUT2D eigenvalue weighted by Crippen LogP contribution is -2.20. The van der Waals surface area contributed by atoms with E-state index in [-0.39, 0.29) is 35.6 Å². The Morgan fingerprint density at radius 1 is 1.16 bits per heavy atom. The van der Waals surface area contributed by atoms with Crippen molar-refractivity contribution < 1.29 is 23.8 Å². The third-order valence-electron chi connectivity index (χ3n) is 1.89. The molecule has 1 aromatic carbocycles. The van der Waals surface area contributed by atoms with Gasteiger partial charge >= 0.3 is 11.9 Å². The number of benzene rings is 1. The maximum absolute atomic E-state index is 11.4. The molecule has 0 N–H and O–H groups in total. The van der Waals surface area contributed by atoms with Gasteiger partial charge in [-0.05, 0) is 19.1 Å². The molecule has 7 heteroatoms. The van der Waals surface area contributed by atoms with Gasteiger partial charge < -0.3 is 14.2 Å². The summed E-state index contributed by atoms with van der Waals surface area (Å²) in [5.74, 6) is -1.09. The Labute approximate surface area is 120 Å². The van der Waals surface area contributed by atoms with E-state index in [1.165, 1.54) is 6.07 Å². The van der Waals surface area contributed by atoms with Crippen LogP contribution in [0.25, 0.3) is 0 Å². The van der Waals surface area contributed by atoms with Crippen LogP contribution in [0.15, 0.2) is 18.2 Å². The van der Waals surface area contributed by atoms with Crippen molar-refractivity contribution in [1.29, 1.82) is 0 Å². The lowest BCUT2D eigenvalue weighted by atomic mass is 10.3. The van der Waals surface area contributed by atoms with Gasteiger partial charge in [0.2, 0.25) is 0 Å². The van der Waals surface area contributed by atoms with E-state index >= 15 is 0 Å². The van der Waals surface area contributed by atoms with Crippen molar-refractivity contribution in [1.82, 2.24) is 0 Å². The van der Waals surface area contributed by atoms with Crippen LogP contribution in [0.5, 0.6) is 5.75 Å². The molecule has 0 heterocycles. The van der Waals surface area contributed by atoms with E-state index in [2.05, 4.69) is 4.74 Å². The fourth-order valence-electron chi connectivity index (χ4n) is 1.14. The second-order valence-corrected chi connectivity index (χ2v) is 4.11. The van der Waals surface area contributed by atoms with Crippen LogP contribution < -0.4 is 4.74 Å². The molecule has 0 bridgehead atoms. The highest BCUT2D eigenvalue weighted by molar-refractivity contribution is 6.43. The normalized spacial score (nSPS) is 10.1. The molecule has 0 aliphatic rings. The highest BCUT2D eigenvalue weighted by Gasteiger charge is 2.11. The summed E-state index contributed by atoms with van der Waals surface area (Å²) in [5.41, 5.74) is 0. The zero-order valence-electron chi connectivity index (χ0n) is 10.2. The molecule has 0 spiro atoms. The fourth-order valence-corrected chi connectivity index (χ4v) is 1.47. The molecular weight excluding hydrogens is 295 g/mol. The average Bonchev–Trinajstić information content (AvgIpc) is 2.35. The first kappa shape index (κ1) is 15.8. The summed E-state index contributed by atoms with van der Waals surface area (Å²) in [5, 5.41) is 0.419. The van der Waals surface area contributed by atoms with Crippen molar-refractivity contribution in [3.63, 3.8) is 0 Å². The maximum atomic E-state index is 11.4. The Morgan fingerprint density at radius 3 is 2.53 bits per heavy atom. The molecule has 19 heavy (non-hydrogen) atoms. The number of hydrogen-bond acceptors (Lipinski definition) is 5. The second-order valence-electron chi connectivity index (χ2n) is 3.32. The quantitative estimate of drug-likeness (QED) is 0.597. The van der Waals surface area contributed by atoms with Gasteiger partial charge in [-0.25, -0.2) is 9.59 Å². The summed E-state index contributed by atoms with van der Waals surface area (Å²) in [6.07, 6.45) is 0. The molecule has 0 atom stereocenters. The molecule has 0 aliphatic heterocycles. The third-order valence-corrected chi connectivity index (χ3v) is 2.69. The lowest BCUT2D eigenvalue weighted by molar-refractivity contribution is -0.151. The zero-order valence-corrected chi connectivity index (χ0v) is 11.7. The number of carbonyl (C=O) groups excluding carboxylic acids is 2. The average molecular weight is 307 g/mol. The summed E-state index contributed by atoms with van der Waals surface area (Å²) in [4.78, 5) is 22.4. The monoisotopic (exact) mass is 306 g/mol. The van der Waals surface area contributed by atoms with Gasteiger partial charge in [-0.1, -0.05) is 29.3 Å². The van der Waals surface area contributed by atoms with Crippen molar-refractivity contribution in [2.45, 2.75) is 6.92 Å². The summed E-state index contributed by atoms with van der Waals surface area (Å²) in [7, 11) is 0. The number of rotatable bonds is 6. The first-order valence-corrected chi connectivity index (χ1v) is 6.18. The van der Waals surface area contributed by atoms with Crippen molar-refractivity contribution >= 4 is 35.1 Å². The summed E-state index contributed by atoms with van der Waals surface area (Å²) < 4.78 is 14.4. The van der Waals surface area contributed by atoms with E-state index in [1.54, 1.807) is 19.1 Å². The highest BCUT2D eigenvalue weighted by Crippen LogP contribution is 2.31. The maximum Gasteiger partial charge on any atom is 0.337 e. The van der Waals surface area contributed by atoms with Crippen LogP contribution in [0.1, 0.15) is 6.92 Å². The Hall–Kier alpha value is -1.30. The first-order valence-electron chi connectivity index (χ1n) is 5.42. The molecule has 1 rings (SSSR count). The Bertz CT molecular complexity index is 461. The molecule has 0 amide bonds. The van der Waals surface area contributed by atoms with E-state index in [0.717, 1.165) is 0 Å². The molecule has 0 saturated heterocycles. The third kappa shape index (κ3) is 5.46. The SMILES string of the molecule is CCOC(=O)COCC(=O)Oc1cccc(Cl)c1Cl. The minimum atomic E-state index is -0.687. The highest BCUT2D eigenvalue weighted by atomic mass is 35.5. The predicted octanol–water partition coefficient (Wildman–Crippen LogP) is 2.48. The minimum absolute atomic E-state index is 0.138. The van der Waals surface area contributed by atoms with Crippen LogP contribution in [0, 0.1) is 0 Å². The summed E-state index contributed by atoms with van der Waals surface area (Å²) in [6, 6.07) is 4.66. The van der Waals surface area contributed by atoms with E-state index < -0.39 is 11.9 Å². The van der Waals surface area contributed by atoms with Crippen molar-refractivity contribution in [3.05, 3.63) is 28.2 Å². The van der Waals surface area contributed by atoms with Gasteiger partial charge in [0.1, 0.15) is 18.2 Å². The molecule has 0 fully saturated rings. The van der Waals surface area contributed by atoms with Crippen LogP contribution >= 0.6 is 23.2 Å². The Balaban J connectivity index is 2.39. The van der Waals surface area contributed by atoms with Gasteiger partial charge in [0.05, 0.1) is 11.6 Å². The standard InChI is InChI=1S/C12H12Cl2O5/c1-2-18-10(15)6-17-7-11(16)19-9-5-3-4-8(13)12(9)14/h3-5H,2,6-7H2,1H3. The molecule has 0 radical (unpaired) electrons. The van der Waals surface area contributed by atoms with Gasteiger partial charge in [0.15, 0.2) is 5.75 Å². The fraction of sp³-hybridized carbons (Fsp3) is 0.333. The number of halogens is 2. The number of carbonyl (C=O) groups is 2. The van der Waals surface area contributed by atoms with Gasteiger partial charge in [0, 0.05) is 0 Å². The van der Waals surface area contributed by atoms with E-state index in [9.17, 15) is 9.59 Å². The number of esters is 2. The topological polar surface area (TPSA) is 61.8 Å². The van der Waals surface area contributed by atoms with Crippen LogP contribution in [0.4, 0.5) is 0 Å². The van der Waals surface area contributed by atoms with Crippen LogP contribution in [-0.2, 0) is 19.1 Å². The Kier molecular flexibility index (Phi) is 6.62. The number of ether oxygens (including phenoxy) is 3. The molecule has 0 saturated carbocycles. The first-order chi connectivity index (χ1) is 9.04. The van der Waals surface area contributed by atoms with Gasteiger partial charge in [-0.3, -0.25) is 0 Å². The molecule has 1 aromatic rings. The summed E-state index contributed by atoms with van der Waals surface area (Å²) >= 11 is 11.6. The molecule has 0 aromatic heterocycles. The van der Waals surface area contributed by atoms with E-state index in [1.807, 2.05) is 0 Å². The minimum Gasteiger partial charge on any atom is -0.464 e. The van der Waals surface area contributed by atoms with Crippen LogP contribution in [-0.4, -0.2) is 31.8 Å². The molecule has 0 aliphatic carbocycles. The van der Waals surface area contributed by atoms with Crippen molar-refractivity contribution in [2.24, 2.45) is 0 Å². The molecule has 0 unspecified atom stereocenters. The Morgan fingerprint density at radius 2 is 1.84 bits per heavy atom. The summed E-state index contributed by atoms with van der Waals surface area (Å²) in [6.45, 7) is 1.23. The van der Waals surface area contributed by atoms with Gasteiger partial charge in [-0.2, -0.15) is 0 Å². The lowest BCUT2D eigenvalue weighted by Gasteiger charge is -2.07. The van der Waals surface area contributed by atoms with E-state index in [0.29, 0.717) is 0 Å². The van der Waals surface area contributed by atoms with Gasteiger partial charge in [0.25, 0.3) is 0 Å². The molecule has 5 nitrogen and oxygen atoms in total. The second kappa shape index (κ2) is 7.99. The van der Waals surface area contributed by atoms with Crippen LogP contribution in [0.3, 0.4) is 0 Å². The zero-order chi connectivity index (χ0) is 14.3. The smallest absolute Gasteiger partial charge is 0.337 e. The van der Waals surface area contributed by atoms with Crippen LogP contribution in [0.2, 0.25) is 10.0 Å². The van der Waals surface area contributed by atoms with Crippen molar-refractivity contribution in [2.75, 3.05) is 19.8 Å². The number of hydrogen-bond donors (Lipinski definition) is 0. The largest absolute Gasteiger partial charge is 0.464 e. The molecule has 104 valence electrons. The van der Waals surface area contributed by atoms with E-state index in [4.69, 9.17) is 32.7 Å². The van der Waals surface area contributed by atoms with Gasteiger partial charge in [-0.15, -0.1) is 0 Å². The predicted molar refractivity (Wildman–Crippen MR) is 69.5 cm³/mol. The molecular formula is C12H12Cl2O5. The van der Waals surface area contributed by atoms with Crippen molar-refractivity contribution in [3.8, 4) is 5.75 Å².